The van der Waals surface area contributed by atoms with Gasteiger partial charge in [0.1, 0.15) is 0 Å². The molecule has 0 atom stereocenters. The molecule has 0 saturated heterocycles. The minimum Gasteiger partial charge on any atom is -0.508 e. The Morgan fingerprint density at radius 3 is 2.08 bits per heavy atom. The monoisotopic (exact) mass is 341 g/mol. The summed E-state index contributed by atoms with van der Waals surface area (Å²) in [5, 5.41) is 17.2. The lowest BCUT2D eigenvalue weighted by Crippen LogP contribution is -2.21. The standard InChI is InChI=1S/C17H29BFNO4/c1-2-3-4-5-6-7-8-9-10-11-14-23-16-13-12-15(17(19)20-16)24-18(21)22/h12-13,21-22H,2-11,14H2,1H3. The fraction of sp³-hybridized carbons (Fsp3) is 0.706. The average molecular weight is 341 g/mol. The summed E-state index contributed by atoms with van der Waals surface area (Å²) >= 11 is 0. The van der Waals surface area contributed by atoms with Crippen molar-refractivity contribution in [2.45, 2.75) is 71.1 Å². The van der Waals surface area contributed by atoms with E-state index in [2.05, 4.69) is 16.6 Å². The van der Waals surface area contributed by atoms with E-state index in [1.807, 2.05) is 0 Å². The first kappa shape index (κ1) is 20.7. The molecule has 24 heavy (non-hydrogen) atoms. The molecule has 1 aromatic heterocycles. The van der Waals surface area contributed by atoms with Crippen LogP contribution in [-0.4, -0.2) is 29.0 Å². The fourth-order valence-electron chi connectivity index (χ4n) is 2.45. The molecule has 0 spiro atoms. The van der Waals surface area contributed by atoms with Crippen LogP contribution in [0.4, 0.5) is 4.39 Å². The Hall–Kier alpha value is -1.34. The smallest absolute Gasteiger partial charge is 0.508 e. The summed E-state index contributed by atoms with van der Waals surface area (Å²) in [4.78, 5) is 3.57. The lowest BCUT2D eigenvalue weighted by atomic mass is 10.1. The molecule has 0 fully saturated rings. The van der Waals surface area contributed by atoms with Gasteiger partial charge in [-0.25, -0.2) is 0 Å². The number of halogens is 1. The third-order valence-corrected chi connectivity index (χ3v) is 3.77. The number of nitrogens with zero attached hydrogens (tertiary/aromatic N) is 1. The summed E-state index contributed by atoms with van der Waals surface area (Å²) in [5.74, 6) is -1.08. The van der Waals surface area contributed by atoms with E-state index in [0.717, 1.165) is 12.8 Å². The second-order valence-corrected chi connectivity index (χ2v) is 5.91. The van der Waals surface area contributed by atoms with E-state index in [1.54, 1.807) is 0 Å². The summed E-state index contributed by atoms with van der Waals surface area (Å²) < 4.78 is 23.3. The zero-order chi connectivity index (χ0) is 17.6. The van der Waals surface area contributed by atoms with E-state index in [1.165, 1.54) is 63.5 Å². The van der Waals surface area contributed by atoms with Crippen LogP contribution in [-0.2, 0) is 0 Å². The van der Waals surface area contributed by atoms with Crippen LogP contribution in [0.3, 0.4) is 0 Å². The largest absolute Gasteiger partial charge is 0.707 e. The van der Waals surface area contributed by atoms with Gasteiger partial charge in [-0.2, -0.15) is 9.37 Å². The van der Waals surface area contributed by atoms with Crippen LogP contribution < -0.4 is 9.39 Å². The summed E-state index contributed by atoms with van der Waals surface area (Å²) in [5.41, 5.74) is 0. The SMILES string of the molecule is CCCCCCCCCCCCOc1ccc(OB(O)O)c(F)n1. The van der Waals surface area contributed by atoms with Crippen molar-refractivity contribution >= 4 is 7.32 Å². The van der Waals surface area contributed by atoms with Crippen molar-refractivity contribution in [1.82, 2.24) is 4.98 Å². The second kappa shape index (κ2) is 13.0. The molecule has 5 nitrogen and oxygen atoms in total. The van der Waals surface area contributed by atoms with Crippen LogP contribution in [0.5, 0.6) is 11.6 Å². The summed E-state index contributed by atoms with van der Waals surface area (Å²) in [6.45, 7) is 2.72. The van der Waals surface area contributed by atoms with Gasteiger partial charge in [-0.1, -0.05) is 64.7 Å². The third kappa shape index (κ3) is 9.73. The third-order valence-electron chi connectivity index (χ3n) is 3.77. The molecule has 0 radical (unpaired) electrons. The molecular formula is C17H29BFNO4. The van der Waals surface area contributed by atoms with Crippen molar-refractivity contribution in [3.05, 3.63) is 18.1 Å². The second-order valence-electron chi connectivity index (χ2n) is 5.91. The number of hydrogen-bond acceptors (Lipinski definition) is 5. The Labute approximate surface area is 144 Å². The normalized spacial score (nSPS) is 10.7. The Morgan fingerprint density at radius 2 is 1.54 bits per heavy atom. The molecule has 0 saturated carbocycles. The number of aromatic nitrogens is 1. The highest BCUT2D eigenvalue weighted by atomic mass is 19.1. The summed E-state index contributed by atoms with van der Waals surface area (Å²) in [6.07, 6.45) is 12.4. The van der Waals surface area contributed by atoms with Crippen LogP contribution in [0.25, 0.3) is 0 Å². The zero-order valence-corrected chi connectivity index (χ0v) is 14.5. The minimum absolute atomic E-state index is 0.170. The van der Waals surface area contributed by atoms with Gasteiger partial charge in [0, 0.05) is 6.07 Å². The molecule has 136 valence electrons. The van der Waals surface area contributed by atoms with E-state index in [-0.39, 0.29) is 11.6 Å². The van der Waals surface area contributed by atoms with Crippen LogP contribution >= 0.6 is 0 Å². The van der Waals surface area contributed by atoms with Crippen molar-refractivity contribution in [3.8, 4) is 11.6 Å². The Kier molecular flexibility index (Phi) is 11.2. The number of hydrogen-bond donors (Lipinski definition) is 2. The Morgan fingerprint density at radius 1 is 0.958 bits per heavy atom. The highest BCUT2D eigenvalue weighted by Crippen LogP contribution is 2.19. The van der Waals surface area contributed by atoms with Crippen LogP contribution in [0.1, 0.15) is 71.1 Å². The van der Waals surface area contributed by atoms with Gasteiger partial charge in [0.2, 0.25) is 5.88 Å². The van der Waals surface area contributed by atoms with E-state index in [0.29, 0.717) is 6.61 Å². The predicted molar refractivity (Wildman–Crippen MR) is 92.4 cm³/mol. The minimum atomic E-state index is -2.07. The highest BCUT2D eigenvalue weighted by Gasteiger charge is 2.15. The number of unbranched alkanes of at least 4 members (excludes halogenated alkanes) is 9. The van der Waals surface area contributed by atoms with Gasteiger partial charge in [0.25, 0.3) is 5.95 Å². The average Bonchev–Trinajstić information content (AvgIpc) is 2.54. The van der Waals surface area contributed by atoms with Crippen LogP contribution in [0.2, 0.25) is 0 Å². The molecule has 0 aliphatic rings. The Bertz CT molecular complexity index is 449. The van der Waals surface area contributed by atoms with E-state index in [9.17, 15) is 4.39 Å². The maximum absolute atomic E-state index is 13.5. The molecule has 0 unspecified atom stereocenters. The molecule has 1 rings (SSSR count). The Balaban J connectivity index is 2.04. The van der Waals surface area contributed by atoms with Gasteiger partial charge >= 0.3 is 7.32 Å². The molecule has 0 aromatic carbocycles. The topological polar surface area (TPSA) is 71.8 Å². The van der Waals surface area contributed by atoms with E-state index >= 15 is 0 Å². The fourth-order valence-corrected chi connectivity index (χ4v) is 2.45. The van der Waals surface area contributed by atoms with Gasteiger partial charge < -0.3 is 19.4 Å². The molecule has 1 heterocycles. The van der Waals surface area contributed by atoms with Gasteiger partial charge in [-0.15, -0.1) is 0 Å². The maximum Gasteiger partial charge on any atom is 0.707 e. The van der Waals surface area contributed by atoms with Crippen molar-refractivity contribution in [1.29, 1.82) is 0 Å². The number of ether oxygens (including phenoxy) is 1. The van der Waals surface area contributed by atoms with E-state index in [4.69, 9.17) is 14.8 Å². The quantitative estimate of drug-likeness (QED) is 0.305. The summed E-state index contributed by atoms with van der Waals surface area (Å²) in [6, 6.07) is 2.70. The van der Waals surface area contributed by atoms with Crippen molar-refractivity contribution in [2.75, 3.05) is 6.61 Å². The number of rotatable bonds is 14. The van der Waals surface area contributed by atoms with Gasteiger partial charge in [0.05, 0.1) is 6.61 Å². The molecule has 1 aromatic rings. The first-order chi connectivity index (χ1) is 11.6. The first-order valence-corrected chi connectivity index (χ1v) is 8.95. The van der Waals surface area contributed by atoms with Crippen LogP contribution in [0, 0.1) is 5.95 Å². The predicted octanol–water partition coefficient (Wildman–Crippen LogP) is 3.87. The van der Waals surface area contributed by atoms with E-state index < -0.39 is 13.3 Å². The van der Waals surface area contributed by atoms with Crippen LogP contribution in [0.15, 0.2) is 12.1 Å². The highest BCUT2D eigenvalue weighted by molar-refractivity contribution is 6.33. The molecule has 0 aliphatic carbocycles. The lowest BCUT2D eigenvalue weighted by molar-refractivity contribution is 0.270. The first-order valence-electron chi connectivity index (χ1n) is 8.95. The molecular weight excluding hydrogens is 312 g/mol. The van der Waals surface area contributed by atoms with Crippen molar-refractivity contribution < 1.29 is 23.8 Å². The molecule has 0 bridgehead atoms. The molecule has 0 aliphatic heterocycles. The maximum atomic E-state index is 13.5. The van der Waals surface area contributed by atoms with Gasteiger partial charge in [-0.05, 0) is 12.5 Å². The molecule has 7 heteroatoms. The van der Waals surface area contributed by atoms with Crippen molar-refractivity contribution in [2.24, 2.45) is 0 Å². The zero-order valence-electron chi connectivity index (χ0n) is 14.5. The lowest BCUT2D eigenvalue weighted by Gasteiger charge is -2.08. The van der Waals surface area contributed by atoms with Gasteiger partial charge in [0.15, 0.2) is 5.75 Å². The molecule has 0 amide bonds. The number of pyridine rings is 1. The van der Waals surface area contributed by atoms with Crippen molar-refractivity contribution in [3.63, 3.8) is 0 Å². The van der Waals surface area contributed by atoms with Gasteiger partial charge in [-0.3, -0.25) is 0 Å². The summed E-state index contributed by atoms with van der Waals surface area (Å²) in [7, 11) is -2.07. The molecule has 2 N–H and O–H groups in total.